The Kier molecular flexibility index (Phi) is 3.99. The fourth-order valence-corrected chi connectivity index (χ4v) is 1.07. The van der Waals surface area contributed by atoms with E-state index < -0.39 is 0 Å². The van der Waals surface area contributed by atoms with Crippen LogP contribution in [0.15, 0.2) is 24.3 Å². The molecule has 0 aliphatic carbocycles. The van der Waals surface area contributed by atoms with Crippen LogP contribution in [0.25, 0.3) is 0 Å². The van der Waals surface area contributed by atoms with Crippen molar-refractivity contribution >= 4 is 11.9 Å². The van der Waals surface area contributed by atoms with E-state index in [-0.39, 0.29) is 0 Å². The number of hydrogen-bond acceptors (Lipinski definition) is 3. The van der Waals surface area contributed by atoms with E-state index in [2.05, 4.69) is 17.6 Å². The minimum absolute atomic E-state index is 0.737. The smallest absolute Gasteiger partial charge is 0.0653 e. The summed E-state index contributed by atoms with van der Waals surface area (Å²) in [6.45, 7) is 3.74. The molecular weight excluding hydrogens is 162 g/mol. The van der Waals surface area contributed by atoms with Gasteiger partial charge in [-0.1, -0.05) is 25.1 Å². The summed E-state index contributed by atoms with van der Waals surface area (Å²) < 4.78 is 0. The molecule has 0 spiro atoms. The molecule has 0 fully saturated rings. The molecule has 1 rings (SSSR count). The summed E-state index contributed by atoms with van der Waals surface area (Å²) in [4.78, 5) is 0. The SMILES string of the molecule is CCNCNc1ccccc1C=N. The predicted molar refractivity (Wildman–Crippen MR) is 56.5 cm³/mol. The fourth-order valence-electron chi connectivity index (χ4n) is 1.07. The van der Waals surface area contributed by atoms with Gasteiger partial charge in [0.1, 0.15) is 0 Å². The number of anilines is 1. The molecule has 13 heavy (non-hydrogen) atoms. The Morgan fingerprint density at radius 3 is 2.85 bits per heavy atom. The van der Waals surface area contributed by atoms with E-state index in [4.69, 9.17) is 5.41 Å². The van der Waals surface area contributed by atoms with Crippen LogP contribution in [0, 0.1) is 5.41 Å². The summed E-state index contributed by atoms with van der Waals surface area (Å²) in [5.41, 5.74) is 1.92. The fraction of sp³-hybridized carbons (Fsp3) is 0.300. The van der Waals surface area contributed by atoms with Gasteiger partial charge in [-0.15, -0.1) is 0 Å². The zero-order valence-corrected chi connectivity index (χ0v) is 7.80. The van der Waals surface area contributed by atoms with Gasteiger partial charge in [0.2, 0.25) is 0 Å². The zero-order valence-electron chi connectivity index (χ0n) is 7.80. The summed E-state index contributed by atoms with van der Waals surface area (Å²) >= 11 is 0. The van der Waals surface area contributed by atoms with Crippen molar-refractivity contribution in [2.24, 2.45) is 0 Å². The highest BCUT2D eigenvalue weighted by atomic mass is 15.1. The number of para-hydroxylation sites is 1. The zero-order chi connectivity index (χ0) is 9.52. The van der Waals surface area contributed by atoms with Crippen LogP contribution in [-0.2, 0) is 0 Å². The largest absolute Gasteiger partial charge is 0.372 e. The lowest BCUT2D eigenvalue weighted by Crippen LogP contribution is -2.21. The molecule has 70 valence electrons. The molecule has 0 saturated heterocycles. The first-order valence-electron chi connectivity index (χ1n) is 4.42. The van der Waals surface area contributed by atoms with Crippen LogP contribution in [0.2, 0.25) is 0 Å². The van der Waals surface area contributed by atoms with Gasteiger partial charge in [0.05, 0.1) is 6.67 Å². The van der Waals surface area contributed by atoms with Crippen molar-refractivity contribution < 1.29 is 0 Å². The molecule has 3 N–H and O–H groups in total. The van der Waals surface area contributed by atoms with Gasteiger partial charge in [-0.05, 0) is 12.6 Å². The van der Waals surface area contributed by atoms with E-state index in [0.717, 1.165) is 24.5 Å². The molecule has 0 unspecified atom stereocenters. The molecular formula is C10H15N3. The molecule has 1 aromatic rings. The second-order valence-electron chi connectivity index (χ2n) is 2.69. The molecule has 0 aliphatic rings. The first kappa shape index (κ1) is 9.74. The molecule has 0 radical (unpaired) electrons. The van der Waals surface area contributed by atoms with E-state index in [9.17, 15) is 0 Å². The summed E-state index contributed by atoms with van der Waals surface area (Å²) in [6, 6.07) is 7.78. The standard InChI is InChI=1S/C10H15N3/c1-2-12-8-13-10-6-4-3-5-9(10)7-11/h3-7,11-13H,2,8H2,1H3. The Labute approximate surface area is 78.7 Å². The van der Waals surface area contributed by atoms with Crippen molar-refractivity contribution in [1.29, 1.82) is 5.41 Å². The van der Waals surface area contributed by atoms with Crippen LogP contribution in [0.3, 0.4) is 0 Å². The number of rotatable bonds is 5. The Bertz CT molecular complexity index is 271. The third-order valence-electron chi connectivity index (χ3n) is 1.77. The monoisotopic (exact) mass is 177 g/mol. The van der Waals surface area contributed by atoms with E-state index in [1.165, 1.54) is 6.21 Å². The Hall–Kier alpha value is -1.35. The summed E-state index contributed by atoms with van der Waals surface area (Å²) in [7, 11) is 0. The minimum atomic E-state index is 0.737. The lowest BCUT2D eigenvalue weighted by molar-refractivity contribution is 0.771. The van der Waals surface area contributed by atoms with Gasteiger partial charge in [0, 0.05) is 17.5 Å². The van der Waals surface area contributed by atoms with Gasteiger partial charge < -0.3 is 16.0 Å². The third kappa shape index (κ3) is 2.87. The van der Waals surface area contributed by atoms with E-state index in [1.807, 2.05) is 24.3 Å². The van der Waals surface area contributed by atoms with Crippen molar-refractivity contribution in [2.45, 2.75) is 6.92 Å². The van der Waals surface area contributed by atoms with Crippen molar-refractivity contribution in [3.8, 4) is 0 Å². The normalized spacial score (nSPS) is 9.62. The highest BCUT2D eigenvalue weighted by Gasteiger charge is 1.95. The van der Waals surface area contributed by atoms with Gasteiger partial charge in [-0.25, -0.2) is 0 Å². The highest BCUT2D eigenvalue weighted by Crippen LogP contribution is 2.11. The van der Waals surface area contributed by atoms with Gasteiger partial charge in [-0.2, -0.15) is 0 Å². The second kappa shape index (κ2) is 5.32. The maximum atomic E-state index is 7.18. The number of benzene rings is 1. The van der Waals surface area contributed by atoms with Gasteiger partial charge in [0.25, 0.3) is 0 Å². The first-order valence-corrected chi connectivity index (χ1v) is 4.42. The number of nitrogens with one attached hydrogen (secondary N) is 3. The average Bonchev–Trinajstić information content (AvgIpc) is 2.19. The molecule has 0 saturated carbocycles. The van der Waals surface area contributed by atoms with E-state index in [0.29, 0.717) is 0 Å². The quantitative estimate of drug-likeness (QED) is 0.364. The maximum Gasteiger partial charge on any atom is 0.0653 e. The maximum absolute atomic E-state index is 7.18. The van der Waals surface area contributed by atoms with Crippen LogP contribution in [0.1, 0.15) is 12.5 Å². The molecule has 0 heterocycles. The van der Waals surface area contributed by atoms with Gasteiger partial charge in [0.15, 0.2) is 0 Å². The van der Waals surface area contributed by atoms with Crippen molar-refractivity contribution in [3.05, 3.63) is 29.8 Å². The first-order chi connectivity index (χ1) is 6.38. The van der Waals surface area contributed by atoms with Crippen molar-refractivity contribution in [3.63, 3.8) is 0 Å². The van der Waals surface area contributed by atoms with Crippen LogP contribution < -0.4 is 10.6 Å². The topological polar surface area (TPSA) is 47.9 Å². The average molecular weight is 177 g/mol. The van der Waals surface area contributed by atoms with Crippen LogP contribution in [0.5, 0.6) is 0 Å². The molecule has 0 aromatic heterocycles. The molecule has 0 bridgehead atoms. The van der Waals surface area contributed by atoms with Gasteiger partial charge in [-0.3, -0.25) is 0 Å². The Morgan fingerprint density at radius 1 is 1.38 bits per heavy atom. The molecule has 3 heteroatoms. The lowest BCUT2D eigenvalue weighted by atomic mass is 10.2. The van der Waals surface area contributed by atoms with Crippen LogP contribution in [0.4, 0.5) is 5.69 Å². The highest BCUT2D eigenvalue weighted by molar-refractivity contribution is 5.85. The molecule has 0 atom stereocenters. The number of hydrogen-bond donors (Lipinski definition) is 3. The molecule has 0 amide bonds. The Morgan fingerprint density at radius 2 is 2.15 bits per heavy atom. The van der Waals surface area contributed by atoms with Crippen molar-refractivity contribution in [1.82, 2.24) is 5.32 Å². The Balaban J connectivity index is 2.59. The third-order valence-corrected chi connectivity index (χ3v) is 1.77. The predicted octanol–water partition coefficient (Wildman–Crippen LogP) is 1.66. The summed E-state index contributed by atoms with van der Waals surface area (Å²) in [5, 5.41) is 13.5. The molecule has 0 aliphatic heterocycles. The molecule has 1 aromatic carbocycles. The van der Waals surface area contributed by atoms with Gasteiger partial charge >= 0.3 is 0 Å². The van der Waals surface area contributed by atoms with Crippen LogP contribution >= 0.6 is 0 Å². The lowest BCUT2D eigenvalue weighted by Gasteiger charge is -2.08. The minimum Gasteiger partial charge on any atom is -0.372 e. The van der Waals surface area contributed by atoms with Crippen molar-refractivity contribution in [2.75, 3.05) is 18.5 Å². The summed E-state index contributed by atoms with van der Waals surface area (Å²) in [5.74, 6) is 0. The van der Waals surface area contributed by atoms with E-state index >= 15 is 0 Å². The summed E-state index contributed by atoms with van der Waals surface area (Å²) in [6.07, 6.45) is 1.36. The molecule has 3 nitrogen and oxygen atoms in total. The second-order valence-corrected chi connectivity index (χ2v) is 2.69. The van der Waals surface area contributed by atoms with E-state index in [1.54, 1.807) is 0 Å². The van der Waals surface area contributed by atoms with Crippen LogP contribution in [-0.4, -0.2) is 19.4 Å².